The van der Waals surface area contributed by atoms with Crippen molar-refractivity contribution < 1.29 is 28.8 Å². The van der Waals surface area contributed by atoms with Crippen LogP contribution in [-0.4, -0.2) is 150 Å². The largest absolute Gasteiger partial charge is 0.496 e. The molecule has 20 nitrogen and oxygen atoms in total. The van der Waals surface area contributed by atoms with Gasteiger partial charge in [0.25, 0.3) is 0 Å². The first kappa shape index (κ1) is 95.2. The van der Waals surface area contributed by atoms with Crippen LogP contribution in [0.5, 0.6) is 5.75 Å². The van der Waals surface area contributed by atoms with Crippen LogP contribution in [0, 0.1) is 6.92 Å². The zero-order chi connectivity index (χ0) is 70.8. The number of rotatable bonds is 19. The molecule has 1 aliphatic carbocycles. The molecule has 2 saturated heterocycles. The van der Waals surface area contributed by atoms with Gasteiger partial charge in [0.1, 0.15) is 11.5 Å². The van der Waals surface area contributed by atoms with Gasteiger partial charge >= 0.3 is 0 Å². The van der Waals surface area contributed by atoms with Gasteiger partial charge < -0.3 is 101 Å². The number of hydrogen-bond donors (Lipinski definition) is 14. The van der Waals surface area contributed by atoms with Crippen LogP contribution in [0.2, 0.25) is 0 Å². The van der Waals surface area contributed by atoms with E-state index < -0.39 is 0 Å². The summed E-state index contributed by atoms with van der Waals surface area (Å²) in [5.74, 6) is 1.72. The van der Waals surface area contributed by atoms with Gasteiger partial charge in [-0.2, -0.15) is 0 Å². The summed E-state index contributed by atoms with van der Waals surface area (Å²) in [6, 6.07) is 32.3. The molecule has 94 heavy (non-hydrogen) atoms. The molecule has 1 saturated carbocycles. The minimum atomic E-state index is -0.287. The van der Waals surface area contributed by atoms with E-state index in [2.05, 4.69) is 78.4 Å². The van der Waals surface area contributed by atoms with Crippen molar-refractivity contribution in [3.63, 3.8) is 0 Å². The molecular formula is C74H140N14O6. The van der Waals surface area contributed by atoms with E-state index in [1.807, 2.05) is 98.9 Å². The summed E-state index contributed by atoms with van der Waals surface area (Å²) in [7, 11) is 5.51. The minimum Gasteiger partial charge on any atom is -0.496 e. The van der Waals surface area contributed by atoms with Crippen molar-refractivity contribution in [2.75, 3.05) is 113 Å². The maximum absolute atomic E-state index is 8.54. The van der Waals surface area contributed by atoms with Crippen molar-refractivity contribution in [3.05, 3.63) is 155 Å². The Hall–Kier alpha value is -5.21. The van der Waals surface area contributed by atoms with Gasteiger partial charge in [-0.05, 0) is 170 Å². The predicted molar refractivity (Wildman–Crippen MR) is 402 cm³/mol. The number of aromatic nitrogens is 2. The molecule has 1 atom stereocenters. The van der Waals surface area contributed by atoms with Gasteiger partial charge in [0.2, 0.25) is 0 Å². The summed E-state index contributed by atoms with van der Waals surface area (Å²) in [5.41, 5.74) is 54.7. The Kier molecular flexibility index (Phi) is 77.8. The van der Waals surface area contributed by atoms with E-state index in [0.29, 0.717) is 45.3 Å². The SMILES string of the molecule is C1CCNCC1.CCC(O)CN.CCCCN.CCCCOC.CCCN.CCCNCCO.CN1CCOCC1.COc1cc(C)ccc1CN.NC1CCCCC1.NCCc1c[nH]c2ccccc12.NCc1ccccc1.NCc1cccnc1.NCc1ccco1. The van der Waals surface area contributed by atoms with E-state index in [0.717, 1.165) is 107 Å². The zero-order valence-corrected chi connectivity index (χ0v) is 60.4. The summed E-state index contributed by atoms with van der Waals surface area (Å²) in [6.45, 7) is 26.8. The summed E-state index contributed by atoms with van der Waals surface area (Å²) in [6.07, 6.45) is 26.5. The molecule has 20 heteroatoms. The van der Waals surface area contributed by atoms with Crippen LogP contribution in [-0.2, 0) is 42.1 Å². The predicted octanol–water partition coefficient (Wildman–Crippen LogP) is 9.77. The van der Waals surface area contributed by atoms with Crippen molar-refractivity contribution in [2.24, 2.45) is 51.6 Å². The van der Waals surface area contributed by atoms with Gasteiger partial charge in [-0.25, -0.2) is 0 Å². The third-order valence-electron chi connectivity index (χ3n) is 13.7. The lowest BCUT2D eigenvalue weighted by molar-refractivity contribution is 0.0503. The number of morpholine rings is 1. The Bertz CT molecular complexity index is 2240. The highest BCUT2D eigenvalue weighted by Crippen LogP contribution is 2.19. The van der Waals surface area contributed by atoms with Crippen LogP contribution in [0.3, 0.4) is 0 Å². The van der Waals surface area contributed by atoms with E-state index in [1.165, 1.54) is 118 Å². The van der Waals surface area contributed by atoms with Crippen molar-refractivity contribution >= 4 is 10.9 Å². The zero-order valence-electron chi connectivity index (χ0n) is 60.4. The summed E-state index contributed by atoms with van der Waals surface area (Å²) >= 11 is 0. The van der Waals surface area contributed by atoms with Crippen LogP contribution < -0.4 is 67.0 Å². The number of para-hydroxylation sites is 1. The van der Waals surface area contributed by atoms with Gasteiger partial charge in [0, 0.05) is 101 Å². The number of nitrogens with one attached hydrogen (secondary N) is 3. The van der Waals surface area contributed by atoms with E-state index in [1.54, 1.807) is 32.9 Å². The van der Waals surface area contributed by atoms with Crippen molar-refractivity contribution in [1.82, 2.24) is 25.5 Å². The molecule has 0 bridgehead atoms. The van der Waals surface area contributed by atoms with Gasteiger partial charge in [-0.3, -0.25) is 4.98 Å². The highest BCUT2D eigenvalue weighted by molar-refractivity contribution is 5.83. The number of aryl methyl sites for hydroxylation is 1. The molecule has 0 radical (unpaired) electrons. The fraction of sp³-hybridized carbons (Fsp3) is 0.608. The normalized spacial score (nSPS) is 13.0. The molecule has 3 fully saturated rings. The summed E-state index contributed by atoms with van der Waals surface area (Å²) < 4.78 is 19.9. The van der Waals surface area contributed by atoms with E-state index >= 15 is 0 Å². The lowest BCUT2D eigenvalue weighted by Gasteiger charge is -2.21. The Morgan fingerprint density at radius 2 is 1.30 bits per heavy atom. The van der Waals surface area contributed by atoms with Gasteiger partial charge in [-0.1, -0.05) is 140 Å². The van der Waals surface area contributed by atoms with Crippen LogP contribution >= 0.6 is 0 Å². The first-order valence-corrected chi connectivity index (χ1v) is 34.7. The second-order valence-electron chi connectivity index (χ2n) is 22.1. The van der Waals surface area contributed by atoms with Crippen LogP contribution in [0.25, 0.3) is 10.9 Å². The number of furan rings is 1. The number of ether oxygens (including phenoxy) is 3. The van der Waals surface area contributed by atoms with E-state index in [9.17, 15) is 0 Å². The van der Waals surface area contributed by atoms with Crippen molar-refractivity contribution in [2.45, 2.75) is 183 Å². The number of methoxy groups -OCH3 is 2. The number of aliphatic hydroxyl groups excluding tert-OH is 2. The maximum atomic E-state index is 8.54. The second kappa shape index (κ2) is 76.8. The van der Waals surface area contributed by atoms with Gasteiger partial charge in [-0.15, -0.1) is 0 Å². The van der Waals surface area contributed by atoms with Crippen LogP contribution in [0.15, 0.2) is 126 Å². The number of nitrogens with two attached hydrogens (primary N) is 9. The molecule has 3 aromatic heterocycles. The number of pyridine rings is 1. The smallest absolute Gasteiger partial charge is 0.123 e. The van der Waals surface area contributed by atoms with Crippen molar-refractivity contribution in [1.29, 1.82) is 0 Å². The summed E-state index contributed by atoms with van der Waals surface area (Å²) in [5, 5.41) is 24.4. The average molecular weight is 1320 g/mol. The Balaban J connectivity index is -0.000000471. The fourth-order valence-electron chi connectivity index (χ4n) is 7.71. The summed E-state index contributed by atoms with van der Waals surface area (Å²) in [4.78, 5) is 9.36. The number of unbranched alkanes of at least 4 members (excludes halogenated alkanes) is 2. The topological polar surface area (TPSA) is 371 Å². The Morgan fingerprint density at radius 3 is 1.65 bits per heavy atom. The number of aliphatic hydroxyl groups is 2. The molecule has 2 aliphatic heterocycles. The van der Waals surface area contributed by atoms with Crippen molar-refractivity contribution in [3.8, 4) is 5.75 Å². The first-order valence-electron chi connectivity index (χ1n) is 34.7. The fourth-order valence-corrected chi connectivity index (χ4v) is 7.71. The number of likely N-dealkylation sites (N-methyl/N-ethyl adjacent to an activating group) is 1. The third-order valence-corrected chi connectivity index (χ3v) is 13.7. The molecule has 3 aromatic carbocycles. The number of nitrogens with zero attached hydrogens (tertiary/aromatic N) is 2. The Morgan fingerprint density at radius 1 is 0.670 bits per heavy atom. The molecule has 23 N–H and O–H groups in total. The van der Waals surface area contributed by atoms with Crippen LogP contribution in [0.1, 0.15) is 165 Å². The molecule has 542 valence electrons. The first-order chi connectivity index (χ1) is 45.7. The highest BCUT2D eigenvalue weighted by atomic mass is 16.5. The third kappa shape index (κ3) is 64.1. The number of hydrogen-bond acceptors (Lipinski definition) is 19. The molecule has 5 heterocycles. The molecular weight excluding hydrogens is 1180 g/mol. The Labute approximate surface area is 571 Å². The highest BCUT2D eigenvalue weighted by Gasteiger charge is 2.07. The molecule has 0 spiro atoms. The molecule has 3 aliphatic rings. The number of benzene rings is 3. The lowest BCUT2D eigenvalue weighted by atomic mass is 9.97. The molecule has 9 rings (SSSR count). The molecule has 1 unspecified atom stereocenters. The maximum Gasteiger partial charge on any atom is 0.123 e. The second-order valence-corrected chi connectivity index (χ2v) is 22.1. The number of H-pyrrole nitrogens is 1. The molecule has 0 amide bonds. The van der Waals surface area contributed by atoms with Crippen LogP contribution in [0.4, 0.5) is 0 Å². The van der Waals surface area contributed by atoms with Gasteiger partial charge in [0.05, 0.1) is 45.8 Å². The molecule has 6 aromatic rings. The van der Waals surface area contributed by atoms with E-state index in [4.69, 9.17) is 80.4 Å². The number of fused-ring (bicyclic) bond motifs is 1. The quantitative estimate of drug-likeness (QED) is 0.0335. The number of aromatic amines is 1. The lowest BCUT2D eigenvalue weighted by Crippen LogP contribution is -2.32. The minimum absolute atomic E-state index is 0.250. The monoisotopic (exact) mass is 1320 g/mol. The number of piperidine rings is 1. The van der Waals surface area contributed by atoms with E-state index in [-0.39, 0.29) is 12.7 Å². The standard InChI is InChI=1S/C10H12N2.C9H13NO.C7H9N.C6H8N2.C6H13N.C5H11NO.C5H7NO.C5H13NO.C5H11N.C5H12O.C4H11NO.C4H11N.C3H9N/c11-6-5-8-7-12-10-4-2-1-3-9(8)10;1-7-3-4-8(6-10)9(5-7)11-2;8-6-7-4-2-1-3-5-7;7-4-6-2-1-3-8-5-6;7-6-4-2-1-3-5-6;1-6-2-4-7-5-3-6;6-4-5-2-1-3-7-5;1-2-3-6-4-5-7;1-2-4-6-5-3-1;1-3-4-5-6-2;1-2-4(6)3-5;1-2-3-4-5;1-2-3-4/h1-4,7,12H,5-6,11H2;3-5H,6,10H2,1-2H3;1-5H,6,8H2;1-3,5H,4,7H2;6H,1-5,7H2;2-5H2,1H3;1-3H,4,6H2;6-7H,2-5H2,1H3;6H,1-5H2;3-5H2,1-2H3;4,6H,2-3,5H2,1H3;2-5H2,1H3;2-4H2,1H3. The van der Waals surface area contributed by atoms with Gasteiger partial charge in [0.15, 0.2) is 0 Å². The average Bonchev–Trinajstić information content (AvgIpc) is 1.81.